The lowest BCUT2D eigenvalue weighted by atomic mass is 9.91. The second-order valence-electron chi connectivity index (χ2n) is 21.8. The van der Waals surface area contributed by atoms with Crippen LogP contribution in [-0.4, -0.2) is 215 Å². The molecule has 3 saturated heterocycles. The van der Waals surface area contributed by atoms with Gasteiger partial charge in [-0.05, 0) is 68.7 Å². The number of benzene rings is 1. The van der Waals surface area contributed by atoms with Crippen LogP contribution in [0, 0.1) is 11.8 Å². The van der Waals surface area contributed by atoms with Gasteiger partial charge >= 0.3 is 5.97 Å². The van der Waals surface area contributed by atoms with E-state index in [2.05, 4.69) is 57.6 Å². The van der Waals surface area contributed by atoms with E-state index in [9.17, 15) is 79.2 Å². The zero-order valence-electron chi connectivity index (χ0n) is 47.7. The molecule has 0 aliphatic carbocycles. The summed E-state index contributed by atoms with van der Waals surface area (Å²) < 4.78 is 0. The van der Waals surface area contributed by atoms with E-state index in [0.29, 0.717) is 24.7 Å². The summed E-state index contributed by atoms with van der Waals surface area (Å²) in [6.45, 7) is 7.85. The summed E-state index contributed by atoms with van der Waals surface area (Å²) in [6.07, 6.45) is -6.95. The lowest BCUT2D eigenvalue weighted by Crippen LogP contribution is -2.65. The van der Waals surface area contributed by atoms with Gasteiger partial charge in [-0.15, -0.1) is 0 Å². The molecule has 28 heteroatoms. The summed E-state index contributed by atoms with van der Waals surface area (Å²) in [5.41, 5.74) is 11.5. The smallest absolute Gasteiger partial charge is 0.339 e. The Morgan fingerprint density at radius 2 is 1.33 bits per heavy atom. The van der Waals surface area contributed by atoms with E-state index in [1.165, 1.54) is 30.7 Å². The van der Waals surface area contributed by atoms with Gasteiger partial charge in [0, 0.05) is 52.4 Å². The number of fused-ring (bicyclic) bond motifs is 2. The standard InChI is InChI=1S/C52H88N10O15.C2H4O3/c1-5-28(2)24-29(3)12-10-8-6-7-9-11-13-39(69)56-34-26-38(68)46(55-22-21-54)60-50(75)43-37(67)19-23-61(43)52(77)41(36(66)18-20-53)58-49(74)42(45(71)44(70)31-14-16-32(64)17-15-31)59-48(73)35-25-33(65)27-62(35)51(76)40(30(4)63)57-47(34)72;1-2(3)5-4/h14-17,28-30,33-38,40-46,55,63-68,70-71H,5-13,18-27,53-54H2,1-4H3,(H,56,69)(H,57,72)(H,58,74)(H,59,73)(H,60,75);4H,1H3/t28?,29?,30-,33-,34+,35+,36+,37+,38-,40+,41+,42+,43+,44+,45+,46-;/m1./s1. The first-order valence-electron chi connectivity index (χ1n) is 28.4. The molecule has 0 radical (unpaired) electrons. The molecule has 466 valence electrons. The van der Waals surface area contributed by atoms with Gasteiger partial charge in [-0.1, -0.05) is 77.8 Å². The van der Waals surface area contributed by atoms with Crippen molar-refractivity contribution in [2.45, 2.75) is 210 Å². The number of phenols is 1. The van der Waals surface area contributed by atoms with Gasteiger partial charge in [0.1, 0.15) is 60.4 Å². The minimum Gasteiger partial charge on any atom is -0.508 e. The average Bonchev–Trinajstić information content (AvgIpc) is 4.23. The molecule has 1 aromatic rings. The highest BCUT2D eigenvalue weighted by molar-refractivity contribution is 5.98. The van der Waals surface area contributed by atoms with Gasteiger partial charge in [0.2, 0.25) is 41.4 Å². The van der Waals surface area contributed by atoms with Crippen LogP contribution in [0.2, 0.25) is 0 Å². The first kappa shape index (κ1) is 70.6. The highest BCUT2D eigenvalue weighted by Crippen LogP contribution is 2.27. The molecule has 0 spiro atoms. The summed E-state index contributed by atoms with van der Waals surface area (Å²) >= 11 is 0. The van der Waals surface area contributed by atoms with Crippen LogP contribution in [0.15, 0.2) is 24.3 Å². The fourth-order valence-electron chi connectivity index (χ4n) is 10.2. The fourth-order valence-corrected chi connectivity index (χ4v) is 10.2. The van der Waals surface area contributed by atoms with Crippen LogP contribution in [0.4, 0.5) is 0 Å². The van der Waals surface area contributed by atoms with Gasteiger partial charge in [-0.3, -0.25) is 38.9 Å². The number of nitrogens with one attached hydrogen (secondary N) is 6. The number of amides is 7. The first-order chi connectivity index (χ1) is 38.8. The molecular formula is C54H92N10O18. The Morgan fingerprint density at radius 1 is 0.732 bits per heavy atom. The number of nitrogens with zero attached hydrogens (tertiary/aromatic N) is 2. The molecule has 82 heavy (non-hydrogen) atoms. The maximum absolute atomic E-state index is 14.6. The molecular weight excluding hydrogens is 1080 g/mol. The van der Waals surface area contributed by atoms with E-state index < -0.39 is 152 Å². The third kappa shape index (κ3) is 21.8. The van der Waals surface area contributed by atoms with Crippen molar-refractivity contribution < 1.29 is 89.4 Å². The van der Waals surface area contributed by atoms with E-state index in [1.807, 2.05) is 0 Å². The first-order valence-corrected chi connectivity index (χ1v) is 28.4. The topological polar surface area (TPSA) is 459 Å². The van der Waals surface area contributed by atoms with Crippen LogP contribution in [0.25, 0.3) is 0 Å². The summed E-state index contributed by atoms with van der Waals surface area (Å²) in [6, 6.07) is -6.40. The molecule has 7 amide bonds. The SMILES string of the molecule is CC(=O)OO.CCC(C)CC(C)CCCCCCCCC(=O)N[C@H]1C[C@@H](O)[C@H](NCCN)NC(=O)[C@@H]2[C@@H](O)CCN2C(=O)[C@H]([C@@H](O)CCN)NC(=O)[C@H]([C@H](O)[C@@H](O)c2ccc(O)cc2)NC(=O)[C@@H]2C[C@@H](O)CN2C(=O)[C@H]([C@@H](C)O)NC1=O. The zero-order valence-corrected chi connectivity index (χ0v) is 47.7. The molecule has 3 fully saturated rings. The Hall–Kier alpha value is -5.66. The third-order valence-corrected chi connectivity index (χ3v) is 15.0. The molecule has 19 N–H and O–H groups in total. The van der Waals surface area contributed by atoms with Crippen molar-refractivity contribution in [1.29, 1.82) is 0 Å². The van der Waals surface area contributed by atoms with Crippen LogP contribution in [0.5, 0.6) is 5.75 Å². The Kier molecular flexibility index (Phi) is 30.5. The zero-order chi connectivity index (χ0) is 61.4. The molecule has 0 saturated carbocycles. The summed E-state index contributed by atoms with van der Waals surface area (Å²) in [4.78, 5) is 114. The predicted octanol–water partition coefficient (Wildman–Crippen LogP) is -3.29. The van der Waals surface area contributed by atoms with E-state index >= 15 is 0 Å². The minimum atomic E-state index is -2.28. The van der Waals surface area contributed by atoms with Crippen LogP contribution < -0.4 is 43.4 Å². The normalized spacial score (nSPS) is 27.3. The van der Waals surface area contributed by atoms with Gasteiger partial charge in [-0.2, -0.15) is 5.26 Å². The van der Waals surface area contributed by atoms with Crippen molar-refractivity contribution in [2.24, 2.45) is 23.3 Å². The molecule has 0 bridgehead atoms. The molecule has 3 heterocycles. The van der Waals surface area contributed by atoms with Gasteiger partial charge < -0.3 is 93.6 Å². The highest BCUT2D eigenvalue weighted by Gasteiger charge is 2.49. The number of carbonyl (C=O) groups is 8. The number of phenolic OH excluding ortho intramolecular Hbond substituents is 1. The predicted molar refractivity (Wildman–Crippen MR) is 295 cm³/mol. The van der Waals surface area contributed by atoms with E-state index in [1.54, 1.807) is 0 Å². The third-order valence-electron chi connectivity index (χ3n) is 15.0. The van der Waals surface area contributed by atoms with Gasteiger partial charge in [0.25, 0.3) is 0 Å². The number of unbranched alkanes of at least 4 members (excludes halogenated alkanes) is 5. The Labute approximate surface area is 478 Å². The fraction of sp³-hybridized carbons (Fsp3) is 0.741. The quantitative estimate of drug-likeness (QED) is 0.0290. The number of nitrogens with two attached hydrogens (primary N) is 2. The van der Waals surface area contributed by atoms with Gasteiger partial charge in [-0.25, -0.2) is 4.79 Å². The van der Waals surface area contributed by atoms with Crippen molar-refractivity contribution >= 4 is 47.3 Å². The maximum Gasteiger partial charge on any atom is 0.339 e. The summed E-state index contributed by atoms with van der Waals surface area (Å²) in [5, 5.41) is 112. The second-order valence-corrected chi connectivity index (χ2v) is 21.8. The van der Waals surface area contributed by atoms with E-state index in [0.717, 1.165) is 62.2 Å². The Morgan fingerprint density at radius 3 is 1.93 bits per heavy atom. The molecule has 1 aromatic carbocycles. The lowest BCUT2D eigenvalue weighted by molar-refractivity contribution is -0.231. The lowest BCUT2D eigenvalue weighted by Gasteiger charge is -2.35. The highest BCUT2D eigenvalue weighted by atomic mass is 17.1. The number of aromatic hydroxyl groups is 1. The Balaban J connectivity index is 0.00000337. The molecule has 28 nitrogen and oxygen atoms in total. The van der Waals surface area contributed by atoms with E-state index in [4.69, 9.17) is 16.7 Å². The number of rotatable bonds is 23. The average molecular weight is 1170 g/mol. The van der Waals surface area contributed by atoms with Crippen molar-refractivity contribution in [3.63, 3.8) is 0 Å². The number of carbonyl (C=O) groups excluding carboxylic acids is 8. The monoisotopic (exact) mass is 1170 g/mol. The summed E-state index contributed by atoms with van der Waals surface area (Å²) in [7, 11) is 0. The van der Waals surface area contributed by atoms with Crippen LogP contribution >= 0.6 is 0 Å². The largest absolute Gasteiger partial charge is 0.508 e. The van der Waals surface area contributed by atoms with Crippen LogP contribution in [-0.2, 0) is 43.2 Å². The van der Waals surface area contributed by atoms with Crippen molar-refractivity contribution in [3.05, 3.63) is 29.8 Å². The molecule has 2 unspecified atom stereocenters. The van der Waals surface area contributed by atoms with Crippen molar-refractivity contribution in [1.82, 2.24) is 41.7 Å². The van der Waals surface area contributed by atoms with Crippen LogP contribution in [0.1, 0.15) is 136 Å². The number of hydrogen-bond donors (Lipinski definition) is 17. The van der Waals surface area contributed by atoms with Gasteiger partial charge in [0.05, 0.1) is 30.5 Å². The second kappa shape index (κ2) is 35.5. The maximum atomic E-state index is 14.6. The molecule has 0 aromatic heterocycles. The molecule has 3 aliphatic heterocycles. The summed E-state index contributed by atoms with van der Waals surface area (Å²) in [5.74, 6) is -7.12. The molecule has 16 atom stereocenters. The Bertz CT molecular complexity index is 2200. The van der Waals surface area contributed by atoms with Gasteiger partial charge in [0.15, 0.2) is 0 Å². The number of aliphatic hydroxyl groups is 7. The number of aliphatic hydroxyl groups excluding tert-OH is 7. The van der Waals surface area contributed by atoms with Crippen molar-refractivity contribution in [3.8, 4) is 5.75 Å². The van der Waals surface area contributed by atoms with Crippen molar-refractivity contribution in [2.75, 3.05) is 32.7 Å². The van der Waals surface area contributed by atoms with Crippen LogP contribution in [0.3, 0.4) is 0 Å². The minimum absolute atomic E-state index is 0.0257. The molecule has 4 rings (SSSR count). The van der Waals surface area contributed by atoms with E-state index in [-0.39, 0.29) is 56.8 Å². The number of hydrogen-bond acceptors (Lipinski definition) is 21. The molecule has 3 aliphatic rings.